The second-order valence-corrected chi connectivity index (χ2v) is 11.1. The number of nitrogens with zero attached hydrogens (tertiary/aromatic N) is 2. The molecule has 4 unspecified atom stereocenters. The molecule has 0 bridgehead atoms. The number of nitrogens with two attached hydrogens (primary N) is 3. The Morgan fingerprint density at radius 2 is 1.49 bits per heavy atom. The van der Waals surface area contributed by atoms with Gasteiger partial charge >= 0.3 is 5.97 Å². The van der Waals surface area contributed by atoms with Gasteiger partial charge in [-0.1, -0.05) is 48.5 Å². The van der Waals surface area contributed by atoms with Crippen LogP contribution in [0.2, 0.25) is 0 Å². The molecule has 0 radical (unpaired) electrons. The molecule has 0 spiro atoms. The Morgan fingerprint density at radius 3 is 2.17 bits per heavy atom. The van der Waals surface area contributed by atoms with Crippen molar-refractivity contribution in [1.29, 1.82) is 0 Å². The lowest BCUT2D eigenvalue weighted by Gasteiger charge is -2.25. The smallest absolute Gasteiger partial charge is 0.326 e. The molecule has 4 rings (SSSR count). The summed E-state index contributed by atoms with van der Waals surface area (Å²) in [5.74, 6) is -3.24. The maximum Gasteiger partial charge on any atom is 0.326 e. The van der Waals surface area contributed by atoms with Crippen molar-refractivity contribution in [3.05, 3.63) is 90.1 Å². The molecule has 0 aliphatic heterocycles. The van der Waals surface area contributed by atoms with E-state index < -0.39 is 47.9 Å². The van der Waals surface area contributed by atoms with Crippen LogP contribution in [0, 0.1) is 0 Å². The molecular formula is C32H40N10O5. The minimum Gasteiger partial charge on any atom is -0.480 e. The van der Waals surface area contributed by atoms with Crippen LogP contribution >= 0.6 is 0 Å². The summed E-state index contributed by atoms with van der Waals surface area (Å²) >= 11 is 0. The molecular weight excluding hydrogens is 604 g/mol. The summed E-state index contributed by atoms with van der Waals surface area (Å²) < 4.78 is 0. The van der Waals surface area contributed by atoms with Crippen molar-refractivity contribution in [3.8, 4) is 0 Å². The molecule has 2 heterocycles. The van der Waals surface area contributed by atoms with Gasteiger partial charge < -0.3 is 48.2 Å². The highest BCUT2D eigenvalue weighted by atomic mass is 16.4. The molecule has 15 heteroatoms. The zero-order chi connectivity index (χ0) is 33.8. The second kappa shape index (κ2) is 16.6. The first-order valence-electron chi connectivity index (χ1n) is 15.1. The number of guanidine groups is 1. The predicted octanol–water partition coefficient (Wildman–Crippen LogP) is -0.161. The van der Waals surface area contributed by atoms with Crippen molar-refractivity contribution < 1.29 is 24.3 Å². The van der Waals surface area contributed by atoms with E-state index in [0.717, 1.165) is 22.0 Å². The first-order valence-corrected chi connectivity index (χ1v) is 15.1. The number of hydrogen-bond donors (Lipinski definition) is 9. The predicted molar refractivity (Wildman–Crippen MR) is 176 cm³/mol. The number of aliphatic carboxylic acids is 1. The van der Waals surface area contributed by atoms with E-state index in [1.165, 1.54) is 12.5 Å². The van der Waals surface area contributed by atoms with Crippen molar-refractivity contribution in [3.63, 3.8) is 0 Å². The van der Waals surface area contributed by atoms with E-state index in [0.29, 0.717) is 18.7 Å². The van der Waals surface area contributed by atoms with E-state index in [4.69, 9.17) is 17.2 Å². The molecule has 47 heavy (non-hydrogen) atoms. The van der Waals surface area contributed by atoms with Gasteiger partial charge in [-0.2, -0.15) is 0 Å². The fourth-order valence-corrected chi connectivity index (χ4v) is 5.08. The Morgan fingerprint density at radius 1 is 0.830 bits per heavy atom. The van der Waals surface area contributed by atoms with E-state index in [9.17, 15) is 24.3 Å². The third-order valence-corrected chi connectivity index (χ3v) is 7.55. The highest BCUT2D eigenvalue weighted by Gasteiger charge is 2.31. The number of carboxylic acid groups (broad SMARTS) is 1. The van der Waals surface area contributed by atoms with Crippen molar-refractivity contribution in [2.45, 2.75) is 56.3 Å². The highest BCUT2D eigenvalue weighted by Crippen LogP contribution is 2.19. The molecule has 4 atom stereocenters. The fourth-order valence-electron chi connectivity index (χ4n) is 5.08. The van der Waals surface area contributed by atoms with Gasteiger partial charge in [0.25, 0.3) is 0 Å². The third-order valence-electron chi connectivity index (χ3n) is 7.55. The number of fused-ring (bicyclic) bond motifs is 1. The summed E-state index contributed by atoms with van der Waals surface area (Å²) in [6, 6.07) is 12.0. The third kappa shape index (κ3) is 10.2. The van der Waals surface area contributed by atoms with Crippen molar-refractivity contribution >= 4 is 40.6 Å². The van der Waals surface area contributed by atoms with Crippen LogP contribution < -0.4 is 33.2 Å². The van der Waals surface area contributed by atoms with Crippen LogP contribution in [-0.4, -0.2) is 80.4 Å². The molecule has 2 aromatic heterocycles. The Kier molecular flexibility index (Phi) is 12.0. The second-order valence-electron chi connectivity index (χ2n) is 11.1. The number of rotatable bonds is 17. The van der Waals surface area contributed by atoms with Gasteiger partial charge in [-0.3, -0.25) is 19.4 Å². The van der Waals surface area contributed by atoms with Gasteiger partial charge in [0.1, 0.15) is 18.1 Å². The van der Waals surface area contributed by atoms with Gasteiger partial charge in [0.2, 0.25) is 17.7 Å². The number of carboxylic acids is 1. The summed E-state index contributed by atoms with van der Waals surface area (Å²) in [5, 5.41) is 18.8. The molecule has 3 amide bonds. The molecule has 0 fully saturated rings. The Labute approximate surface area is 270 Å². The standard InChI is InChI=1S/C32H40N10O5/c33-23(10-6-12-37-32(34)35)28(43)40-25(13-19-7-2-1-3-8-19)29(44)41-26(14-20-16-38-24-11-5-4-9-22(20)24)30(45)42-27(31(46)47)15-21-17-36-18-39-21/h1-5,7-9,11,16-18,23,25-27,38H,6,10,12-15,33H2,(H,36,39)(H,40,43)(H,41,44)(H,42,45)(H,46,47)(H4,34,35,37). The molecule has 0 saturated heterocycles. The van der Waals surface area contributed by atoms with Crippen LogP contribution in [0.5, 0.6) is 0 Å². The van der Waals surface area contributed by atoms with Crippen LogP contribution in [0.1, 0.15) is 29.7 Å². The zero-order valence-corrected chi connectivity index (χ0v) is 25.7. The average Bonchev–Trinajstić information content (AvgIpc) is 3.72. The first kappa shape index (κ1) is 34.2. The topological polar surface area (TPSA) is 259 Å². The first-order chi connectivity index (χ1) is 22.6. The molecule has 248 valence electrons. The minimum atomic E-state index is -1.30. The van der Waals surface area contributed by atoms with Crippen LogP contribution in [0.3, 0.4) is 0 Å². The highest BCUT2D eigenvalue weighted by molar-refractivity contribution is 5.95. The summed E-state index contributed by atoms with van der Waals surface area (Å²) in [7, 11) is 0. The number of carbonyl (C=O) groups excluding carboxylic acids is 3. The number of aliphatic imine (C=N–C) groups is 1. The largest absolute Gasteiger partial charge is 0.480 e. The van der Waals surface area contributed by atoms with E-state index >= 15 is 0 Å². The molecule has 12 N–H and O–H groups in total. The molecule has 0 aliphatic rings. The Hall–Kier alpha value is -5.70. The SMILES string of the molecule is NC(N)=NCCCC(N)C(=O)NC(Cc1ccccc1)C(=O)NC(Cc1c[nH]c2ccccc12)C(=O)NC(Cc1cnc[nH]1)C(=O)O. The molecule has 2 aromatic carbocycles. The van der Waals surface area contributed by atoms with Crippen molar-refractivity contribution in [2.24, 2.45) is 22.2 Å². The molecule has 4 aromatic rings. The van der Waals surface area contributed by atoms with Gasteiger partial charge in [-0.15, -0.1) is 0 Å². The number of nitrogens with one attached hydrogen (secondary N) is 5. The molecule has 0 aliphatic carbocycles. The Bertz CT molecular complexity index is 1670. The maximum atomic E-state index is 13.9. The summed E-state index contributed by atoms with van der Waals surface area (Å²) in [6.45, 7) is 0.291. The van der Waals surface area contributed by atoms with Crippen LogP contribution in [-0.2, 0) is 38.4 Å². The zero-order valence-electron chi connectivity index (χ0n) is 25.7. The number of aromatic amines is 2. The van der Waals surface area contributed by atoms with E-state index in [2.05, 4.69) is 35.9 Å². The number of aromatic nitrogens is 3. The number of hydrogen-bond acceptors (Lipinski definition) is 7. The fraction of sp³-hybridized carbons (Fsp3) is 0.312. The summed E-state index contributed by atoms with van der Waals surface area (Å²) in [4.78, 5) is 66.6. The number of benzene rings is 2. The van der Waals surface area contributed by atoms with Gasteiger partial charge in [-0.05, 0) is 30.0 Å². The van der Waals surface area contributed by atoms with Crippen LogP contribution in [0.25, 0.3) is 10.9 Å². The van der Waals surface area contributed by atoms with Crippen molar-refractivity contribution in [2.75, 3.05) is 6.54 Å². The van der Waals surface area contributed by atoms with Crippen molar-refractivity contribution in [1.82, 2.24) is 30.9 Å². The lowest BCUT2D eigenvalue weighted by Crippen LogP contribution is -2.58. The monoisotopic (exact) mass is 644 g/mol. The van der Waals surface area contributed by atoms with Gasteiger partial charge in [0.05, 0.1) is 12.4 Å². The average molecular weight is 645 g/mol. The minimum absolute atomic E-state index is 0.0360. The molecule has 0 saturated carbocycles. The quantitative estimate of drug-likeness (QED) is 0.0419. The normalized spacial score (nSPS) is 13.6. The number of imidazole rings is 1. The van der Waals surface area contributed by atoms with E-state index in [1.54, 1.807) is 18.3 Å². The van der Waals surface area contributed by atoms with Crippen LogP contribution in [0.4, 0.5) is 0 Å². The lowest BCUT2D eigenvalue weighted by atomic mass is 10.0. The Balaban J connectivity index is 1.56. The summed E-state index contributed by atoms with van der Waals surface area (Å²) in [5.41, 5.74) is 19.7. The van der Waals surface area contributed by atoms with Gasteiger partial charge in [0, 0.05) is 54.8 Å². The van der Waals surface area contributed by atoms with E-state index in [1.807, 2.05) is 42.5 Å². The maximum absolute atomic E-state index is 13.9. The molecule has 15 nitrogen and oxygen atoms in total. The van der Waals surface area contributed by atoms with E-state index in [-0.39, 0.29) is 31.6 Å². The summed E-state index contributed by atoms with van der Waals surface area (Å²) in [6.07, 6.45) is 5.41. The van der Waals surface area contributed by atoms with Gasteiger partial charge in [-0.25, -0.2) is 9.78 Å². The van der Waals surface area contributed by atoms with Gasteiger partial charge in [0.15, 0.2) is 5.96 Å². The lowest BCUT2D eigenvalue weighted by molar-refractivity contribution is -0.142. The number of para-hydroxylation sites is 1. The number of carbonyl (C=O) groups is 4. The van der Waals surface area contributed by atoms with Crippen LogP contribution in [0.15, 0.2) is 78.3 Å². The number of amides is 3. The number of H-pyrrole nitrogens is 2.